The van der Waals surface area contributed by atoms with Crippen LogP contribution in [0.4, 0.5) is 0 Å². The number of benzene rings is 1. The van der Waals surface area contributed by atoms with E-state index in [1.807, 2.05) is 22.9 Å². The fourth-order valence-corrected chi connectivity index (χ4v) is 5.32. The predicted molar refractivity (Wildman–Crippen MR) is 113 cm³/mol. The lowest BCUT2D eigenvalue weighted by molar-refractivity contribution is 0.538. The van der Waals surface area contributed by atoms with Crippen LogP contribution in [-0.2, 0) is 29.4 Å². The normalized spacial score (nSPS) is 14.0. The summed E-state index contributed by atoms with van der Waals surface area (Å²) in [4.78, 5) is 4.66. The minimum Gasteiger partial charge on any atom is -0.267 e. The van der Waals surface area contributed by atoms with Crippen LogP contribution >= 0.6 is 11.6 Å². The van der Waals surface area contributed by atoms with Gasteiger partial charge in [-0.2, -0.15) is 5.10 Å². The van der Waals surface area contributed by atoms with Crippen LogP contribution in [-0.4, -0.2) is 29.7 Å². The van der Waals surface area contributed by atoms with Gasteiger partial charge < -0.3 is 0 Å². The molecule has 0 atom stereocenters. The van der Waals surface area contributed by atoms with E-state index in [4.69, 9.17) is 16.7 Å². The van der Waals surface area contributed by atoms with Gasteiger partial charge in [-0.25, -0.2) is 13.1 Å². The van der Waals surface area contributed by atoms with Gasteiger partial charge in [0.05, 0.1) is 17.1 Å². The molecule has 0 radical (unpaired) electrons. The number of hydrogen-bond donors (Lipinski definition) is 1. The lowest BCUT2D eigenvalue weighted by atomic mass is 9.95. The topological polar surface area (TPSA) is 76.9 Å². The monoisotopic (exact) mass is 430 g/mol. The Labute approximate surface area is 176 Å². The van der Waals surface area contributed by atoms with E-state index in [2.05, 4.69) is 9.71 Å². The average molecular weight is 431 g/mol. The standard InChI is InChI=1S/C21H23ClN4O2S/c1-15-9-10-16(22)14-20(15)29(27,28)24-12-13-26-19-8-3-2-6-17(19)21(25-26)18-7-4-5-11-23-18/h4-5,7,9-11,14,24H,2-3,6,8,12-13H2,1H3. The molecule has 29 heavy (non-hydrogen) atoms. The summed E-state index contributed by atoms with van der Waals surface area (Å²) in [6.45, 7) is 2.48. The van der Waals surface area contributed by atoms with Gasteiger partial charge in [0, 0.05) is 29.0 Å². The molecule has 0 unspecified atom stereocenters. The Morgan fingerprint density at radius 3 is 2.79 bits per heavy atom. The van der Waals surface area contributed by atoms with Gasteiger partial charge in [0.1, 0.15) is 5.69 Å². The number of aromatic nitrogens is 3. The molecule has 0 saturated heterocycles. The Kier molecular flexibility index (Phi) is 5.72. The van der Waals surface area contributed by atoms with Gasteiger partial charge in [-0.15, -0.1) is 0 Å². The highest BCUT2D eigenvalue weighted by atomic mass is 35.5. The number of rotatable bonds is 6. The Morgan fingerprint density at radius 1 is 1.17 bits per heavy atom. The van der Waals surface area contributed by atoms with E-state index < -0.39 is 10.0 Å². The first-order valence-corrected chi connectivity index (χ1v) is 11.6. The summed E-state index contributed by atoms with van der Waals surface area (Å²) < 4.78 is 30.0. The third-order valence-electron chi connectivity index (χ3n) is 5.22. The van der Waals surface area contributed by atoms with Crippen molar-refractivity contribution in [1.82, 2.24) is 19.5 Å². The van der Waals surface area contributed by atoms with Gasteiger partial charge in [0.15, 0.2) is 0 Å². The molecule has 6 nitrogen and oxygen atoms in total. The average Bonchev–Trinajstić information content (AvgIpc) is 3.09. The van der Waals surface area contributed by atoms with Crippen LogP contribution in [0.25, 0.3) is 11.4 Å². The Hall–Kier alpha value is -2.22. The molecule has 0 bridgehead atoms. The highest BCUT2D eigenvalue weighted by Gasteiger charge is 2.23. The smallest absolute Gasteiger partial charge is 0.240 e. The van der Waals surface area contributed by atoms with Crippen molar-refractivity contribution in [2.75, 3.05) is 6.54 Å². The molecule has 0 spiro atoms. The molecule has 0 aliphatic heterocycles. The highest BCUT2D eigenvalue weighted by Crippen LogP contribution is 2.30. The minimum absolute atomic E-state index is 0.210. The number of halogens is 1. The summed E-state index contributed by atoms with van der Waals surface area (Å²) in [6.07, 6.45) is 5.96. The second-order valence-corrected chi connectivity index (χ2v) is 9.40. The maximum atomic E-state index is 12.7. The van der Waals surface area contributed by atoms with E-state index in [0.29, 0.717) is 17.1 Å². The van der Waals surface area contributed by atoms with Crippen LogP contribution in [0, 0.1) is 6.92 Å². The molecule has 1 aliphatic rings. The first-order chi connectivity index (χ1) is 14.0. The van der Waals surface area contributed by atoms with Gasteiger partial charge in [-0.05, 0) is 62.4 Å². The number of fused-ring (bicyclic) bond motifs is 1. The number of nitrogens with one attached hydrogen (secondary N) is 1. The highest BCUT2D eigenvalue weighted by molar-refractivity contribution is 7.89. The van der Waals surface area contributed by atoms with Crippen LogP contribution in [0.15, 0.2) is 47.5 Å². The van der Waals surface area contributed by atoms with Gasteiger partial charge in [-0.1, -0.05) is 23.7 Å². The SMILES string of the molecule is Cc1ccc(Cl)cc1S(=O)(=O)NCCn1nc(-c2ccccn2)c2c1CCCC2. The fourth-order valence-electron chi connectivity index (χ4n) is 3.79. The maximum absolute atomic E-state index is 12.7. The zero-order valence-corrected chi connectivity index (χ0v) is 17.8. The molecule has 2 heterocycles. The molecule has 4 rings (SSSR count). The molecular weight excluding hydrogens is 408 g/mol. The molecule has 8 heteroatoms. The number of hydrogen-bond acceptors (Lipinski definition) is 4. The first kappa shape index (κ1) is 20.1. The summed E-state index contributed by atoms with van der Waals surface area (Å²) in [5.41, 5.74) is 4.86. The Balaban J connectivity index is 1.55. The molecule has 2 aromatic heterocycles. The Morgan fingerprint density at radius 2 is 2.00 bits per heavy atom. The van der Waals surface area contributed by atoms with Crippen molar-refractivity contribution in [3.8, 4) is 11.4 Å². The molecule has 0 fully saturated rings. The molecule has 0 saturated carbocycles. The van der Waals surface area contributed by atoms with Crippen LogP contribution < -0.4 is 4.72 Å². The van der Waals surface area contributed by atoms with E-state index >= 15 is 0 Å². The summed E-state index contributed by atoms with van der Waals surface area (Å²) in [5.74, 6) is 0. The van der Waals surface area contributed by atoms with Crippen molar-refractivity contribution in [1.29, 1.82) is 0 Å². The van der Waals surface area contributed by atoms with E-state index in [9.17, 15) is 8.42 Å². The van der Waals surface area contributed by atoms with Crippen LogP contribution in [0.2, 0.25) is 5.02 Å². The molecule has 152 valence electrons. The third kappa shape index (κ3) is 4.22. The Bertz CT molecular complexity index is 1130. The van der Waals surface area contributed by atoms with Gasteiger partial charge >= 0.3 is 0 Å². The summed E-state index contributed by atoms with van der Waals surface area (Å²) in [5, 5.41) is 5.18. The van der Waals surface area contributed by atoms with Crippen molar-refractivity contribution < 1.29 is 8.42 Å². The lowest BCUT2D eigenvalue weighted by Gasteiger charge is -2.15. The zero-order chi connectivity index (χ0) is 20.4. The molecule has 1 N–H and O–H groups in total. The lowest BCUT2D eigenvalue weighted by Crippen LogP contribution is -2.29. The third-order valence-corrected chi connectivity index (χ3v) is 7.06. The van der Waals surface area contributed by atoms with E-state index in [1.54, 1.807) is 25.3 Å². The molecule has 1 aromatic carbocycles. The largest absolute Gasteiger partial charge is 0.267 e. The quantitative estimate of drug-likeness (QED) is 0.645. The van der Waals surface area contributed by atoms with Gasteiger partial charge in [-0.3, -0.25) is 9.67 Å². The summed E-state index contributed by atoms with van der Waals surface area (Å²) >= 11 is 5.98. The zero-order valence-electron chi connectivity index (χ0n) is 16.2. The number of nitrogens with zero attached hydrogens (tertiary/aromatic N) is 3. The number of aryl methyl sites for hydroxylation is 1. The number of pyridine rings is 1. The summed E-state index contributed by atoms with van der Waals surface area (Å²) in [7, 11) is -3.64. The van der Waals surface area contributed by atoms with Crippen LogP contribution in [0.1, 0.15) is 29.7 Å². The van der Waals surface area contributed by atoms with Crippen molar-refractivity contribution in [3.63, 3.8) is 0 Å². The second-order valence-electron chi connectivity index (χ2n) is 7.23. The predicted octanol–water partition coefficient (Wildman–Crippen LogP) is 3.76. The maximum Gasteiger partial charge on any atom is 0.240 e. The second kappa shape index (κ2) is 8.26. The molecule has 1 aliphatic carbocycles. The van der Waals surface area contributed by atoms with E-state index in [-0.39, 0.29) is 11.4 Å². The van der Waals surface area contributed by atoms with E-state index in [0.717, 1.165) is 37.1 Å². The van der Waals surface area contributed by atoms with Crippen molar-refractivity contribution in [2.45, 2.75) is 44.0 Å². The molecule has 0 amide bonds. The van der Waals surface area contributed by atoms with Crippen LogP contribution in [0.3, 0.4) is 0 Å². The van der Waals surface area contributed by atoms with E-state index in [1.165, 1.54) is 17.3 Å². The minimum atomic E-state index is -3.64. The van der Waals surface area contributed by atoms with Gasteiger partial charge in [0.2, 0.25) is 10.0 Å². The van der Waals surface area contributed by atoms with Gasteiger partial charge in [0.25, 0.3) is 0 Å². The van der Waals surface area contributed by atoms with Crippen LogP contribution in [0.5, 0.6) is 0 Å². The first-order valence-electron chi connectivity index (χ1n) is 9.71. The molecule has 3 aromatic rings. The summed E-state index contributed by atoms with van der Waals surface area (Å²) in [6, 6.07) is 10.7. The van der Waals surface area contributed by atoms with Crippen molar-refractivity contribution in [3.05, 3.63) is 64.4 Å². The van der Waals surface area contributed by atoms with Crippen molar-refractivity contribution in [2.24, 2.45) is 0 Å². The fraction of sp³-hybridized carbons (Fsp3) is 0.333. The van der Waals surface area contributed by atoms with Crippen molar-refractivity contribution >= 4 is 21.6 Å². The molecular formula is C21H23ClN4O2S. The number of sulfonamides is 1.